The molecule has 2 saturated heterocycles. The topological polar surface area (TPSA) is 168 Å². The predicted molar refractivity (Wildman–Crippen MR) is 343 cm³/mol. The molecule has 5 N–H and O–H groups in total. The van der Waals surface area contributed by atoms with Crippen LogP contribution in [0, 0.1) is 25.5 Å². The molecule has 2 aliphatic heterocycles. The number of amides is 3. The van der Waals surface area contributed by atoms with Crippen molar-refractivity contribution in [2.24, 2.45) is 5.84 Å². The lowest BCUT2D eigenvalue weighted by Crippen LogP contribution is -2.54. The summed E-state index contributed by atoms with van der Waals surface area (Å²) in [5.74, 6) is 3.12. The minimum Gasteiger partial charge on any atom is -0.429 e. The Bertz CT molecular complexity index is 3170. The standard InChI is InChI=1S/C30H32FN3O3.C22H25NO3.C8H9FN2O.C6H15N.CH4.2H2S/c1-20-9-10-24(16-26(20)31)28(36)33-32-27(35)23-12-11-22-13-14-30(17-25(22)15-23)19-37-29(2,3)34(30)18-21-7-5-4-6-8-21;1-21(2)23(14-17-6-4-3-5-7-17)22(15-26-21)11-10-18-8-9-20(25-16-24)12-19(18)13-22;1-5-2-3-6(4-7(5)9)8(12)11-10;1-4-7(5-2)6-3;;;/h4-12,15-16H,13-14,17-19H2,1-3H3,(H,32,35)(H,33,36);3-9,12,16H,10-11,13-15H2,1-2H3;2-4H,10H2,1H3,(H,11,12);4-6H2,1-3H3;1H4;2*1H2/t30-;22-;;;;;/m00...../s1. The Morgan fingerprint density at radius 2 is 0.988 bits per heavy atom. The van der Waals surface area contributed by atoms with E-state index in [4.69, 9.17) is 20.1 Å². The van der Waals surface area contributed by atoms with Gasteiger partial charge in [0.05, 0.1) is 24.3 Å². The van der Waals surface area contributed by atoms with E-state index < -0.39 is 35.1 Å². The summed E-state index contributed by atoms with van der Waals surface area (Å²) < 4.78 is 44.3. The van der Waals surface area contributed by atoms with Crippen molar-refractivity contribution in [3.63, 3.8) is 0 Å². The van der Waals surface area contributed by atoms with Crippen LogP contribution in [-0.4, -0.2) is 94.3 Å². The Balaban J connectivity index is 0.000000279. The molecule has 2 atom stereocenters. The minimum absolute atomic E-state index is 0. The van der Waals surface area contributed by atoms with E-state index in [0.717, 1.165) is 75.9 Å². The molecule has 0 saturated carbocycles. The number of carbonyl (C=O) groups excluding carboxylic acids is 4. The summed E-state index contributed by atoms with van der Waals surface area (Å²) in [5, 5.41) is 0. The molecule has 10 rings (SSSR count). The van der Waals surface area contributed by atoms with Crippen molar-refractivity contribution in [2.45, 2.75) is 144 Å². The molecule has 0 aromatic heterocycles. The second kappa shape index (κ2) is 31.8. The highest BCUT2D eigenvalue weighted by Crippen LogP contribution is 2.46. The highest BCUT2D eigenvalue weighted by Gasteiger charge is 2.53. The lowest BCUT2D eigenvalue weighted by Gasteiger charge is -2.45. The Hall–Kier alpha value is -6.48. The summed E-state index contributed by atoms with van der Waals surface area (Å²) in [6.45, 7) is 25.4. The van der Waals surface area contributed by atoms with Gasteiger partial charge >= 0.3 is 0 Å². The van der Waals surface area contributed by atoms with Gasteiger partial charge in [-0.3, -0.25) is 45.3 Å². The Morgan fingerprint density at radius 3 is 1.39 bits per heavy atom. The molecule has 460 valence electrons. The molecule has 2 spiro atoms. The van der Waals surface area contributed by atoms with Crippen LogP contribution in [0.15, 0.2) is 133 Å². The zero-order chi connectivity index (χ0) is 59.2. The zero-order valence-corrected chi connectivity index (χ0v) is 52.0. The quantitative estimate of drug-likeness (QED) is 0.0398. The fourth-order valence-corrected chi connectivity index (χ4v) is 11.4. The van der Waals surface area contributed by atoms with Gasteiger partial charge in [0.25, 0.3) is 24.2 Å². The summed E-state index contributed by atoms with van der Waals surface area (Å²) >= 11 is 0. The molecule has 18 heteroatoms. The van der Waals surface area contributed by atoms with Crippen molar-refractivity contribution in [1.29, 1.82) is 0 Å². The van der Waals surface area contributed by atoms with E-state index in [1.807, 2.05) is 35.8 Å². The number of nitrogens with two attached hydrogens (primary N) is 1. The number of nitrogen functional groups attached to an aromatic ring is 1. The van der Waals surface area contributed by atoms with Crippen LogP contribution >= 0.6 is 27.0 Å². The summed E-state index contributed by atoms with van der Waals surface area (Å²) in [6, 6.07) is 41.1. The summed E-state index contributed by atoms with van der Waals surface area (Å²) in [5.41, 5.74) is 15.1. The summed E-state index contributed by atoms with van der Waals surface area (Å²) in [7, 11) is 0. The van der Waals surface area contributed by atoms with Crippen molar-refractivity contribution in [1.82, 2.24) is 31.0 Å². The van der Waals surface area contributed by atoms with E-state index >= 15 is 0 Å². The first-order valence-electron chi connectivity index (χ1n) is 28.3. The average molecular weight is 1210 g/mol. The molecule has 3 amide bonds. The molecule has 0 unspecified atom stereocenters. The van der Waals surface area contributed by atoms with Gasteiger partial charge in [-0.25, -0.2) is 14.6 Å². The molecule has 2 heterocycles. The van der Waals surface area contributed by atoms with Crippen molar-refractivity contribution in [3.05, 3.63) is 206 Å². The lowest BCUT2D eigenvalue weighted by atomic mass is 9.76. The fraction of sp³-hybridized carbons (Fsp3) is 0.403. The maximum atomic E-state index is 13.8. The normalized spacial score (nSPS) is 18.6. The lowest BCUT2D eigenvalue weighted by molar-refractivity contribution is -0.120. The maximum absolute atomic E-state index is 13.8. The van der Waals surface area contributed by atoms with Crippen LogP contribution in [0.4, 0.5) is 8.78 Å². The highest BCUT2D eigenvalue weighted by molar-refractivity contribution is 7.59. The third-order valence-corrected chi connectivity index (χ3v) is 16.4. The number of nitrogens with zero attached hydrogens (tertiary/aromatic N) is 3. The van der Waals surface area contributed by atoms with Gasteiger partial charge in [0.2, 0.25) is 0 Å². The Morgan fingerprint density at radius 1 is 0.588 bits per heavy atom. The molecular formula is C67H89F2N7O7S2. The fourth-order valence-electron chi connectivity index (χ4n) is 11.4. The number of hydrogen-bond donors (Lipinski definition) is 4. The molecule has 6 aromatic rings. The monoisotopic (exact) mass is 1210 g/mol. The molecule has 6 aromatic carbocycles. The van der Waals surface area contributed by atoms with Gasteiger partial charge in [-0.15, -0.1) is 0 Å². The van der Waals surface area contributed by atoms with E-state index in [2.05, 4.69) is 135 Å². The van der Waals surface area contributed by atoms with Crippen LogP contribution in [-0.2, 0) is 53.0 Å². The van der Waals surface area contributed by atoms with Gasteiger partial charge in [0.1, 0.15) is 28.8 Å². The van der Waals surface area contributed by atoms with Gasteiger partial charge in [-0.1, -0.05) is 113 Å². The first kappa shape index (κ1) is 71.0. The number of halogens is 2. The number of rotatable bonds is 12. The average Bonchev–Trinajstić information content (AvgIpc) is 2.22. The van der Waals surface area contributed by atoms with Gasteiger partial charge < -0.3 is 19.1 Å². The molecule has 4 aliphatic rings. The second-order valence-electron chi connectivity index (χ2n) is 22.5. The molecule has 85 heavy (non-hydrogen) atoms. The third kappa shape index (κ3) is 17.8. The molecule has 2 fully saturated rings. The first-order chi connectivity index (χ1) is 39.2. The molecule has 0 radical (unpaired) electrons. The molecular weight excluding hydrogens is 1120 g/mol. The number of fused-ring (bicyclic) bond motifs is 2. The van der Waals surface area contributed by atoms with Crippen LogP contribution in [0.5, 0.6) is 5.75 Å². The number of aryl methyl sites for hydroxylation is 4. The van der Waals surface area contributed by atoms with Gasteiger partial charge in [-0.05, 0) is 193 Å². The summed E-state index contributed by atoms with van der Waals surface area (Å²) in [4.78, 5) is 54.2. The van der Waals surface area contributed by atoms with Crippen LogP contribution < -0.4 is 26.9 Å². The smallest absolute Gasteiger partial charge is 0.298 e. The minimum atomic E-state index is -0.578. The van der Waals surface area contributed by atoms with E-state index in [-0.39, 0.29) is 62.3 Å². The molecule has 14 nitrogen and oxygen atoms in total. The van der Waals surface area contributed by atoms with Crippen LogP contribution in [0.1, 0.15) is 144 Å². The van der Waals surface area contributed by atoms with Gasteiger partial charge in [-0.2, -0.15) is 27.0 Å². The van der Waals surface area contributed by atoms with E-state index in [9.17, 15) is 28.0 Å². The Labute approximate surface area is 516 Å². The number of carbonyl (C=O) groups is 4. The number of hydrogen-bond acceptors (Lipinski definition) is 11. The summed E-state index contributed by atoms with van der Waals surface area (Å²) in [6.07, 6.45) is 5.65. The molecule has 0 bridgehead atoms. The van der Waals surface area contributed by atoms with E-state index in [1.165, 1.54) is 71.7 Å². The highest BCUT2D eigenvalue weighted by atomic mass is 32.1. The van der Waals surface area contributed by atoms with Crippen LogP contribution in [0.2, 0.25) is 0 Å². The second-order valence-corrected chi connectivity index (χ2v) is 22.5. The van der Waals surface area contributed by atoms with E-state index in [1.54, 1.807) is 19.9 Å². The SMILES string of the molecule is C.CC1(C)OC[C@@]2(CCc3ccc(OC=O)cc3C2)N1Cc1ccccc1.CCN(CC)CC.Cc1ccc(C(=O)NN)cc1F.Cc1ccc(C(=O)NNC(=O)c2ccc3c(c2)C[C@@]2(CC3)COC(C)(C)N2Cc2ccccc2)cc1F.S.S. The van der Waals surface area contributed by atoms with Gasteiger partial charge in [0, 0.05) is 29.8 Å². The predicted octanol–water partition coefficient (Wildman–Crippen LogP) is 11.4. The van der Waals surface area contributed by atoms with E-state index in [0.29, 0.717) is 35.5 Å². The van der Waals surface area contributed by atoms with Crippen molar-refractivity contribution < 1.29 is 42.2 Å². The maximum Gasteiger partial charge on any atom is 0.298 e. The zero-order valence-electron chi connectivity index (χ0n) is 50.0. The third-order valence-electron chi connectivity index (χ3n) is 16.4. The van der Waals surface area contributed by atoms with Crippen LogP contribution in [0.25, 0.3) is 0 Å². The van der Waals surface area contributed by atoms with Crippen LogP contribution in [0.3, 0.4) is 0 Å². The number of nitrogens with one attached hydrogen (secondary N) is 3. The largest absolute Gasteiger partial charge is 0.429 e. The number of ether oxygens (including phenoxy) is 3. The van der Waals surface area contributed by atoms with Crippen molar-refractivity contribution in [3.8, 4) is 5.75 Å². The Kier molecular flexibility index (Phi) is 26.5. The van der Waals surface area contributed by atoms with Crippen molar-refractivity contribution >= 4 is 51.2 Å². The van der Waals surface area contributed by atoms with Crippen molar-refractivity contribution in [2.75, 3.05) is 32.8 Å². The number of hydrazine groups is 2. The van der Waals surface area contributed by atoms with Gasteiger partial charge in [0.15, 0.2) is 0 Å². The first-order valence-corrected chi connectivity index (χ1v) is 28.3. The molecule has 2 aliphatic carbocycles. The number of benzene rings is 6.